The molecule has 2 heterocycles. The number of likely N-dealkylation sites (N-methyl/N-ethyl adjacent to an activating group) is 1. The largest absolute Gasteiger partial charge is 0.382 e. The highest BCUT2D eigenvalue weighted by Gasteiger charge is 2.17. The average Bonchev–Trinajstić information content (AvgIpc) is 3.04. The number of hydrogen-bond donors (Lipinski definition) is 4. The van der Waals surface area contributed by atoms with E-state index < -0.39 is 0 Å². The van der Waals surface area contributed by atoms with Crippen LogP contribution in [0.3, 0.4) is 0 Å². The number of fused-ring (bicyclic) bond motifs is 2. The number of imidazole rings is 1. The van der Waals surface area contributed by atoms with Gasteiger partial charge in [0.05, 0.1) is 22.2 Å². The molecule has 0 saturated heterocycles. The molecule has 2 aromatic heterocycles. The third-order valence-electron chi connectivity index (χ3n) is 4.28. The van der Waals surface area contributed by atoms with Gasteiger partial charge in [-0.3, -0.25) is 4.79 Å². The van der Waals surface area contributed by atoms with Gasteiger partial charge >= 0.3 is 0 Å². The quantitative estimate of drug-likeness (QED) is 0.407. The Morgan fingerprint density at radius 2 is 1.92 bits per heavy atom. The van der Waals surface area contributed by atoms with Crippen LogP contribution in [0.15, 0.2) is 47.3 Å². The van der Waals surface area contributed by atoms with E-state index in [0.717, 1.165) is 28.7 Å². The topological polar surface area (TPSA) is 85.6 Å². The summed E-state index contributed by atoms with van der Waals surface area (Å²) in [5.41, 5.74) is 3.42. The number of pyridine rings is 1. The number of aromatic nitrogens is 3. The van der Waals surface area contributed by atoms with Gasteiger partial charge < -0.3 is 20.6 Å². The van der Waals surface area contributed by atoms with Crippen LogP contribution in [-0.4, -0.2) is 35.1 Å². The minimum absolute atomic E-state index is 0.217. The van der Waals surface area contributed by atoms with E-state index in [-0.39, 0.29) is 5.56 Å². The van der Waals surface area contributed by atoms with Crippen LogP contribution in [0.4, 0.5) is 5.69 Å². The third kappa shape index (κ3) is 2.94. The van der Waals surface area contributed by atoms with Gasteiger partial charge in [-0.1, -0.05) is 23.7 Å². The molecule has 4 aromatic rings. The number of hydrogen-bond acceptors (Lipinski definition) is 4. The standard InChI is InChI=1S/C19H18ClN5O/c1-21-8-9-22-17-12-7-6-11(20)10-15(12)25-19(26)16(17)18-23-13-4-2-3-5-14(13)24-18/h2-7,10,21H,8-9H2,1H3,(H,23,24)(H2,22,25,26). The van der Waals surface area contributed by atoms with Gasteiger partial charge in [-0.2, -0.15) is 0 Å². The Morgan fingerprint density at radius 3 is 2.73 bits per heavy atom. The molecule has 0 aliphatic rings. The van der Waals surface area contributed by atoms with Crippen LogP contribution in [0.25, 0.3) is 33.3 Å². The fraction of sp³-hybridized carbons (Fsp3) is 0.158. The summed E-state index contributed by atoms with van der Waals surface area (Å²) < 4.78 is 0. The number of nitrogens with zero attached hydrogens (tertiary/aromatic N) is 1. The second kappa shape index (κ2) is 6.82. The van der Waals surface area contributed by atoms with Crippen molar-refractivity contribution in [3.05, 3.63) is 57.8 Å². The maximum Gasteiger partial charge on any atom is 0.261 e. The zero-order valence-corrected chi connectivity index (χ0v) is 14.9. The lowest BCUT2D eigenvalue weighted by molar-refractivity contribution is 0.824. The predicted octanol–water partition coefficient (Wildman–Crippen LogP) is 3.36. The first kappa shape index (κ1) is 16.6. The maximum absolute atomic E-state index is 12.9. The van der Waals surface area contributed by atoms with Crippen LogP contribution in [-0.2, 0) is 0 Å². The monoisotopic (exact) mass is 367 g/mol. The van der Waals surface area contributed by atoms with E-state index in [1.807, 2.05) is 43.4 Å². The summed E-state index contributed by atoms with van der Waals surface area (Å²) in [6, 6.07) is 13.2. The third-order valence-corrected chi connectivity index (χ3v) is 4.51. The van der Waals surface area contributed by atoms with Gasteiger partial charge in [-0.15, -0.1) is 0 Å². The van der Waals surface area contributed by atoms with Crippen LogP contribution >= 0.6 is 11.6 Å². The van der Waals surface area contributed by atoms with Crippen molar-refractivity contribution in [2.45, 2.75) is 0 Å². The molecular weight excluding hydrogens is 350 g/mol. The van der Waals surface area contributed by atoms with E-state index in [4.69, 9.17) is 11.6 Å². The molecule has 4 rings (SSSR count). The molecule has 0 aliphatic heterocycles. The zero-order chi connectivity index (χ0) is 18.1. The molecule has 0 spiro atoms. The van der Waals surface area contributed by atoms with Crippen LogP contribution in [0.1, 0.15) is 0 Å². The number of aromatic amines is 2. The highest BCUT2D eigenvalue weighted by atomic mass is 35.5. The summed E-state index contributed by atoms with van der Waals surface area (Å²) in [6.45, 7) is 1.44. The van der Waals surface area contributed by atoms with Gasteiger partial charge in [0.2, 0.25) is 0 Å². The van der Waals surface area contributed by atoms with Crippen molar-refractivity contribution >= 4 is 39.2 Å². The summed E-state index contributed by atoms with van der Waals surface area (Å²) in [7, 11) is 1.89. The molecule has 132 valence electrons. The SMILES string of the molecule is CNCCNc1c(-c2nc3ccccc3[nH]2)c(=O)[nH]c2cc(Cl)ccc12. The molecule has 0 fully saturated rings. The van der Waals surface area contributed by atoms with Crippen molar-refractivity contribution in [1.82, 2.24) is 20.3 Å². The molecule has 0 unspecified atom stereocenters. The van der Waals surface area contributed by atoms with Gasteiger partial charge in [0, 0.05) is 23.5 Å². The number of para-hydroxylation sites is 2. The van der Waals surface area contributed by atoms with Crippen molar-refractivity contribution in [3.8, 4) is 11.4 Å². The minimum Gasteiger partial charge on any atom is -0.382 e. The molecule has 0 bridgehead atoms. The lowest BCUT2D eigenvalue weighted by Gasteiger charge is -2.13. The van der Waals surface area contributed by atoms with Gasteiger partial charge in [0.15, 0.2) is 0 Å². The zero-order valence-electron chi connectivity index (χ0n) is 14.2. The van der Waals surface area contributed by atoms with E-state index in [2.05, 4.69) is 25.6 Å². The summed E-state index contributed by atoms with van der Waals surface area (Å²) in [6.07, 6.45) is 0. The Bertz CT molecular complexity index is 1110. The van der Waals surface area contributed by atoms with Crippen LogP contribution < -0.4 is 16.2 Å². The highest BCUT2D eigenvalue weighted by molar-refractivity contribution is 6.31. The number of nitrogens with one attached hydrogen (secondary N) is 4. The van der Waals surface area contributed by atoms with Gasteiger partial charge in [-0.25, -0.2) is 4.98 Å². The lowest BCUT2D eigenvalue weighted by Crippen LogP contribution is -2.20. The number of anilines is 1. The van der Waals surface area contributed by atoms with E-state index in [1.54, 1.807) is 6.07 Å². The maximum atomic E-state index is 12.9. The van der Waals surface area contributed by atoms with Gasteiger partial charge in [-0.05, 0) is 37.4 Å². The van der Waals surface area contributed by atoms with Crippen LogP contribution in [0.2, 0.25) is 5.02 Å². The first-order valence-corrected chi connectivity index (χ1v) is 8.74. The van der Waals surface area contributed by atoms with Crippen LogP contribution in [0.5, 0.6) is 0 Å². The molecule has 6 nitrogen and oxygen atoms in total. The van der Waals surface area contributed by atoms with E-state index >= 15 is 0 Å². The Kier molecular flexibility index (Phi) is 4.36. The summed E-state index contributed by atoms with van der Waals surface area (Å²) in [5, 5.41) is 7.94. The molecule has 4 N–H and O–H groups in total. The summed E-state index contributed by atoms with van der Waals surface area (Å²) >= 11 is 6.09. The average molecular weight is 368 g/mol. The van der Waals surface area contributed by atoms with E-state index in [0.29, 0.717) is 28.5 Å². The second-order valence-electron chi connectivity index (χ2n) is 6.03. The molecule has 0 saturated carbocycles. The number of benzene rings is 2. The van der Waals surface area contributed by atoms with Crippen molar-refractivity contribution in [1.29, 1.82) is 0 Å². The Labute approximate surface area is 154 Å². The first-order chi connectivity index (χ1) is 12.7. The Morgan fingerprint density at radius 1 is 1.08 bits per heavy atom. The smallest absolute Gasteiger partial charge is 0.261 e. The lowest BCUT2D eigenvalue weighted by atomic mass is 10.1. The summed E-state index contributed by atoms with van der Waals surface area (Å²) in [4.78, 5) is 23.6. The number of halogens is 1. The van der Waals surface area contributed by atoms with Crippen molar-refractivity contribution in [3.63, 3.8) is 0 Å². The minimum atomic E-state index is -0.217. The Hall–Kier alpha value is -2.83. The normalized spacial score (nSPS) is 11.3. The van der Waals surface area contributed by atoms with E-state index in [1.165, 1.54) is 0 Å². The molecule has 0 amide bonds. The Balaban J connectivity index is 1.97. The number of H-pyrrole nitrogens is 2. The van der Waals surface area contributed by atoms with Gasteiger partial charge in [0.25, 0.3) is 5.56 Å². The molecule has 7 heteroatoms. The molecule has 0 radical (unpaired) electrons. The van der Waals surface area contributed by atoms with Crippen molar-refractivity contribution < 1.29 is 0 Å². The first-order valence-electron chi connectivity index (χ1n) is 8.36. The molecule has 0 aliphatic carbocycles. The van der Waals surface area contributed by atoms with Crippen molar-refractivity contribution in [2.24, 2.45) is 0 Å². The fourth-order valence-electron chi connectivity index (χ4n) is 3.06. The van der Waals surface area contributed by atoms with Crippen molar-refractivity contribution in [2.75, 3.05) is 25.5 Å². The van der Waals surface area contributed by atoms with Crippen LogP contribution in [0, 0.1) is 0 Å². The second-order valence-corrected chi connectivity index (χ2v) is 6.46. The fourth-order valence-corrected chi connectivity index (χ4v) is 3.24. The van der Waals surface area contributed by atoms with Gasteiger partial charge in [0.1, 0.15) is 11.4 Å². The predicted molar refractivity (Wildman–Crippen MR) is 107 cm³/mol. The summed E-state index contributed by atoms with van der Waals surface area (Å²) in [5.74, 6) is 0.538. The molecule has 26 heavy (non-hydrogen) atoms. The molecule has 2 aromatic carbocycles. The van der Waals surface area contributed by atoms with E-state index in [9.17, 15) is 4.79 Å². The molecule has 0 atom stereocenters. The number of rotatable bonds is 5. The molecular formula is C19H18ClN5O. The highest BCUT2D eigenvalue weighted by Crippen LogP contribution is 2.31.